The molecule has 1 unspecified atom stereocenters. The minimum Gasteiger partial charge on any atom is -0.467 e. The van der Waals surface area contributed by atoms with Crippen molar-refractivity contribution in [3.8, 4) is 5.19 Å². The summed E-state index contributed by atoms with van der Waals surface area (Å²) >= 11 is 1.22. The Kier molecular flexibility index (Phi) is 7.71. The van der Waals surface area contributed by atoms with Gasteiger partial charge < -0.3 is 20.5 Å². The standard InChI is InChI=1S/C21H35N3O3S/c1-15(2)23-12-17(25)14-27-20-24-13-18(28-20)19(26)22-10-4-3-7-21-8-5-16(11-21)6-9-21/h13,15-17,23,25H,3-12,14H2,1-2H3,(H,22,26). The van der Waals surface area contributed by atoms with Gasteiger partial charge in [-0.05, 0) is 56.3 Å². The zero-order valence-corrected chi connectivity index (χ0v) is 18.0. The third-order valence-corrected chi connectivity index (χ3v) is 7.08. The fourth-order valence-electron chi connectivity index (χ4n) is 4.60. The number of unbranched alkanes of at least 4 members (excludes halogenated alkanes) is 1. The lowest BCUT2D eigenvalue weighted by Crippen LogP contribution is -2.35. The van der Waals surface area contributed by atoms with Crippen LogP contribution < -0.4 is 15.4 Å². The Morgan fingerprint density at radius 1 is 1.39 bits per heavy atom. The predicted octanol–water partition coefficient (Wildman–Crippen LogP) is 3.36. The monoisotopic (exact) mass is 409 g/mol. The molecule has 3 rings (SSSR count). The number of amides is 1. The van der Waals surface area contributed by atoms with Crippen molar-refractivity contribution >= 4 is 17.2 Å². The summed E-state index contributed by atoms with van der Waals surface area (Å²) < 4.78 is 5.50. The summed E-state index contributed by atoms with van der Waals surface area (Å²) in [5.74, 6) is 0.921. The molecule has 2 aliphatic carbocycles. The molecule has 2 bridgehead atoms. The van der Waals surface area contributed by atoms with E-state index in [4.69, 9.17) is 4.74 Å². The Balaban J connectivity index is 1.29. The Labute approximate surface area is 172 Å². The fraction of sp³-hybridized carbons (Fsp3) is 0.810. The number of hydrogen-bond donors (Lipinski definition) is 3. The van der Waals surface area contributed by atoms with Crippen molar-refractivity contribution in [2.24, 2.45) is 11.3 Å². The van der Waals surface area contributed by atoms with Gasteiger partial charge in [-0.3, -0.25) is 4.79 Å². The summed E-state index contributed by atoms with van der Waals surface area (Å²) in [4.78, 5) is 16.9. The van der Waals surface area contributed by atoms with Crippen LogP contribution >= 0.6 is 11.3 Å². The molecular weight excluding hydrogens is 374 g/mol. The molecule has 1 aromatic heterocycles. The molecule has 6 nitrogen and oxygen atoms in total. The molecule has 7 heteroatoms. The zero-order chi connectivity index (χ0) is 20.0. The van der Waals surface area contributed by atoms with Crippen molar-refractivity contribution < 1.29 is 14.6 Å². The van der Waals surface area contributed by atoms with Crippen molar-refractivity contribution in [2.45, 2.75) is 77.4 Å². The van der Waals surface area contributed by atoms with Gasteiger partial charge in [0.15, 0.2) is 0 Å². The van der Waals surface area contributed by atoms with E-state index < -0.39 is 6.10 Å². The van der Waals surface area contributed by atoms with Gasteiger partial charge in [0.05, 0.1) is 6.20 Å². The SMILES string of the molecule is CC(C)NCC(O)COc1ncc(C(=O)NCCCCC23CCC(CC2)C3)s1. The molecule has 0 aliphatic heterocycles. The second-order valence-electron chi connectivity index (χ2n) is 8.88. The third-order valence-electron chi connectivity index (χ3n) is 6.18. The molecule has 2 aliphatic rings. The predicted molar refractivity (Wildman–Crippen MR) is 112 cm³/mol. The van der Waals surface area contributed by atoms with E-state index in [1.165, 1.54) is 56.3 Å². The van der Waals surface area contributed by atoms with Crippen molar-refractivity contribution in [3.63, 3.8) is 0 Å². The van der Waals surface area contributed by atoms with Crippen LogP contribution in [0.15, 0.2) is 6.20 Å². The van der Waals surface area contributed by atoms with Gasteiger partial charge in [0.2, 0.25) is 0 Å². The molecule has 0 radical (unpaired) electrons. The summed E-state index contributed by atoms with van der Waals surface area (Å²) in [6, 6.07) is 0.317. The van der Waals surface area contributed by atoms with Crippen LogP contribution in [0.25, 0.3) is 0 Å². The highest BCUT2D eigenvalue weighted by atomic mass is 32.1. The van der Waals surface area contributed by atoms with Gasteiger partial charge in [-0.15, -0.1) is 0 Å². The van der Waals surface area contributed by atoms with Crippen LogP contribution in [0.5, 0.6) is 5.19 Å². The molecule has 0 spiro atoms. The van der Waals surface area contributed by atoms with E-state index in [-0.39, 0.29) is 12.5 Å². The summed E-state index contributed by atoms with van der Waals surface area (Å²) in [7, 11) is 0. The number of aliphatic hydroxyl groups is 1. The van der Waals surface area contributed by atoms with Crippen LogP contribution in [0.2, 0.25) is 0 Å². The third kappa shape index (κ3) is 6.16. The minimum absolute atomic E-state index is 0.0886. The molecule has 0 saturated heterocycles. The van der Waals surface area contributed by atoms with E-state index in [9.17, 15) is 9.90 Å². The van der Waals surface area contributed by atoms with Crippen LogP contribution in [0.3, 0.4) is 0 Å². The van der Waals surface area contributed by atoms with Crippen molar-refractivity contribution in [1.82, 2.24) is 15.6 Å². The minimum atomic E-state index is -0.599. The lowest BCUT2D eigenvalue weighted by molar-refractivity contribution is 0.0956. The molecular formula is C21H35N3O3S. The van der Waals surface area contributed by atoms with Gasteiger partial charge in [0, 0.05) is 19.1 Å². The number of rotatable bonds is 12. The molecule has 3 N–H and O–H groups in total. The Hall–Kier alpha value is -1.18. The van der Waals surface area contributed by atoms with Crippen LogP contribution in [0, 0.1) is 11.3 Å². The first kappa shape index (κ1) is 21.5. The van der Waals surface area contributed by atoms with Gasteiger partial charge in [-0.1, -0.05) is 31.6 Å². The molecule has 1 aromatic rings. The van der Waals surface area contributed by atoms with E-state index in [2.05, 4.69) is 15.6 Å². The van der Waals surface area contributed by atoms with Crippen LogP contribution in [-0.4, -0.2) is 47.8 Å². The average molecular weight is 410 g/mol. The number of nitrogens with zero attached hydrogens (tertiary/aromatic N) is 1. The van der Waals surface area contributed by atoms with E-state index in [1.807, 2.05) is 13.8 Å². The molecule has 158 valence electrons. The van der Waals surface area contributed by atoms with Gasteiger partial charge >= 0.3 is 0 Å². The first-order valence-electron chi connectivity index (χ1n) is 10.7. The molecule has 1 amide bonds. The van der Waals surface area contributed by atoms with Crippen molar-refractivity contribution in [2.75, 3.05) is 19.7 Å². The molecule has 2 saturated carbocycles. The number of hydrogen-bond acceptors (Lipinski definition) is 6. The summed E-state index contributed by atoms with van der Waals surface area (Å²) in [5, 5.41) is 16.4. The lowest BCUT2D eigenvalue weighted by Gasteiger charge is -2.26. The quantitative estimate of drug-likeness (QED) is 0.461. The highest BCUT2D eigenvalue weighted by Gasteiger charge is 2.43. The molecule has 0 aromatic carbocycles. The van der Waals surface area contributed by atoms with Crippen LogP contribution in [0.1, 0.15) is 74.9 Å². The van der Waals surface area contributed by atoms with Gasteiger partial charge in [0.25, 0.3) is 11.1 Å². The maximum Gasteiger partial charge on any atom is 0.273 e. The van der Waals surface area contributed by atoms with E-state index in [0.29, 0.717) is 34.6 Å². The van der Waals surface area contributed by atoms with E-state index >= 15 is 0 Å². The first-order valence-corrected chi connectivity index (χ1v) is 11.6. The smallest absolute Gasteiger partial charge is 0.273 e. The largest absolute Gasteiger partial charge is 0.467 e. The molecule has 2 fully saturated rings. The normalized spacial score (nSPS) is 24.6. The van der Waals surface area contributed by atoms with Crippen LogP contribution in [-0.2, 0) is 0 Å². The highest BCUT2D eigenvalue weighted by molar-refractivity contribution is 7.15. The molecule has 1 atom stereocenters. The second kappa shape index (κ2) is 10.0. The summed E-state index contributed by atoms with van der Waals surface area (Å²) in [5.41, 5.74) is 0.647. The van der Waals surface area contributed by atoms with Gasteiger partial charge in [0.1, 0.15) is 17.6 Å². The Bertz CT molecular complexity index is 626. The number of carbonyl (C=O) groups excluding carboxylic acids is 1. The second-order valence-corrected chi connectivity index (χ2v) is 9.87. The number of ether oxygens (including phenoxy) is 1. The number of aliphatic hydroxyl groups excluding tert-OH is 1. The maximum atomic E-state index is 12.3. The van der Waals surface area contributed by atoms with E-state index in [0.717, 1.165) is 12.3 Å². The van der Waals surface area contributed by atoms with E-state index in [1.54, 1.807) is 6.20 Å². The summed E-state index contributed by atoms with van der Waals surface area (Å²) in [6.45, 7) is 5.40. The fourth-order valence-corrected chi connectivity index (χ4v) is 5.30. The van der Waals surface area contributed by atoms with Gasteiger partial charge in [-0.25, -0.2) is 4.98 Å². The number of thiazole rings is 1. The number of aromatic nitrogens is 1. The molecule has 1 heterocycles. The number of nitrogens with one attached hydrogen (secondary N) is 2. The first-order chi connectivity index (χ1) is 13.5. The van der Waals surface area contributed by atoms with Crippen LogP contribution in [0.4, 0.5) is 0 Å². The number of carbonyl (C=O) groups is 1. The van der Waals surface area contributed by atoms with Crippen molar-refractivity contribution in [3.05, 3.63) is 11.1 Å². The maximum absolute atomic E-state index is 12.3. The average Bonchev–Trinajstić information content (AvgIpc) is 3.40. The topological polar surface area (TPSA) is 83.5 Å². The Morgan fingerprint density at radius 3 is 2.86 bits per heavy atom. The summed E-state index contributed by atoms with van der Waals surface area (Å²) in [6.07, 6.45) is 11.7. The number of fused-ring (bicyclic) bond motifs is 2. The molecule has 28 heavy (non-hydrogen) atoms. The van der Waals surface area contributed by atoms with Gasteiger partial charge in [-0.2, -0.15) is 0 Å². The Morgan fingerprint density at radius 2 is 2.18 bits per heavy atom. The zero-order valence-electron chi connectivity index (χ0n) is 17.2. The lowest BCUT2D eigenvalue weighted by atomic mass is 9.80. The highest BCUT2D eigenvalue weighted by Crippen LogP contribution is 2.56. The van der Waals surface area contributed by atoms with Crippen molar-refractivity contribution in [1.29, 1.82) is 0 Å².